The molecule has 20 heavy (non-hydrogen) atoms. The molecule has 4 nitrogen and oxygen atoms in total. The third-order valence-corrected chi connectivity index (χ3v) is 5.89. The molecule has 2 rings (SSSR count). The maximum atomic E-state index is 13.8. The predicted molar refractivity (Wildman–Crippen MR) is 76.0 cm³/mol. The van der Waals surface area contributed by atoms with Gasteiger partial charge >= 0.3 is 0 Å². The molecule has 1 aromatic carbocycles. The summed E-state index contributed by atoms with van der Waals surface area (Å²) in [5, 5.41) is 0. The van der Waals surface area contributed by atoms with E-state index in [4.69, 9.17) is 5.73 Å². The first-order valence-electron chi connectivity index (χ1n) is 6.89. The Morgan fingerprint density at radius 3 is 2.75 bits per heavy atom. The monoisotopic (exact) mass is 300 g/mol. The van der Waals surface area contributed by atoms with Crippen molar-refractivity contribution in [2.45, 2.75) is 44.2 Å². The van der Waals surface area contributed by atoms with E-state index in [-0.39, 0.29) is 29.0 Å². The van der Waals surface area contributed by atoms with Crippen LogP contribution < -0.4 is 5.73 Å². The van der Waals surface area contributed by atoms with Crippen LogP contribution in [0.3, 0.4) is 0 Å². The number of hydrogen-bond acceptors (Lipinski definition) is 3. The summed E-state index contributed by atoms with van der Waals surface area (Å²) in [5.41, 5.74) is 5.59. The zero-order chi connectivity index (χ0) is 14.9. The highest BCUT2D eigenvalue weighted by molar-refractivity contribution is 7.89. The fourth-order valence-corrected chi connectivity index (χ4v) is 4.91. The van der Waals surface area contributed by atoms with Gasteiger partial charge in [0.2, 0.25) is 10.0 Å². The highest BCUT2D eigenvalue weighted by Gasteiger charge is 2.37. The summed E-state index contributed by atoms with van der Waals surface area (Å²) in [5.74, 6) is -0.323. The molecule has 112 valence electrons. The van der Waals surface area contributed by atoms with Gasteiger partial charge in [-0.25, -0.2) is 12.8 Å². The van der Waals surface area contributed by atoms with Crippen LogP contribution in [0, 0.1) is 11.7 Å². The Hall–Kier alpha value is -0.980. The molecule has 1 aromatic rings. The summed E-state index contributed by atoms with van der Waals surface area (Å²) in [4.78, 5) is 0.00699. The van der Waals surface area contributed by atoms with E-state index in [0.29, 0.717) is 6.54 Å². The molecular weight excluding hydrogens is 279 g/mol. The van der Waals surface area contributed by atoms with E-state index in [2.05, 4.69) is 0 Å². The highest BCUT2D eigenvalue weighted by atomic mass is 32.2. The molecule has 0 aliphatic carbocycles. The lowest BCUT2D eigenvalue weighted by molar-refractivity contribution is 0.315. The minimum atomic E-state index is -3.68. The fourth-order valence-electron chi connectivity index (χ4n) is 2.84. The summed E-state index contributed by atoms with van der Waals surface area (Å²) in [7, 11) is -3.68. The SMILES string of the molecule is CC(C)C1CCCN1S(=O)(=O)c1cccc(F)c1CN. The normalized spacial score (nSPS) is 20.8. The average Bonchev–Trinajstić information content (AvgIpc) is 2.88. The van der Waals surface area contributed by atoms with E-state index in [1.54, 1.807) is 0 Å². The average molecular weight is 300 g/mol. The van der Waals surface area contributed by atoms with Crippen molar-refractivity contribution in [3.05, 3.63) is 29.6 Å². The van der Waals surface area contributed by atoms with Crippen LogP contribution in [0.25, 0.3) is 0 Å². The Morgan fingerprint density at radius 1 is 1.45 bits per heavy atom. The summed E-state index contributed by atoms with van der Waals surface area (Å²) in [6.45, 7) is 4.38. The van der Waals surface area contributed by atoms with Crippen molar-refractivity contribution in [3.63, 3.8) is 0 Å². The third kappa shape index (κ3) is 2.60. The van der Waals surface area contributed by atoms with Crippen LogP contribution in [-0.4, -0.2) is 25.3 Å². The molecule has 1 saturated heterocycles. The summed E-state index contributed by atoms with van der Waals surface area (Å²) < 4.78 is 40.8. The van der Waals surface area contributed by atoms with Gasteiger partial charge in [-0.2, -0.15) is 4.31 Å². The van der Waals surface area contributed by atoms with Gasteiger partial charge in [0.05, 0.1) is 4.90 Å². The molecule has 1 aliphatic heterocycles. The minimum Gasteiger partial charge on any atom is -0.326 e. The minimum absolute atomic E-state index is 0.00699. The number of nitrogens with two attached hydrogens (primary N) is 1. The van der Waals surface area contributed by atoms with E-state index < -0.39 is 15.8 Å². The molecule has 0 saturated carbocycles. The van der Waals surface area contributed by atoms with Gasteiger partial charge in [-0.05, 0) is 30.9 Å². The maximum absolute atomic E-state index is 13.8. The quantitative estimate of drug-likeness (QED) is 0.926. The maximum Gasteiger partial charge on any atom is 0.243 e. The van der Waals surface area contributed by atoms with Crippen LogP contribution >= 0.6 is 0 Å². The Morgan fingerprint density at radius 2 is 2.15 bits per heavy atom. The Labute approximate surface area is 119 Å². The second kappa shape index (κ2) is 5.79. The first-order valence-corrected chi connectivity index (χ1v) is 8.33. The summed E-state index contributed by atoms with van der Waals surface area (Å²) in [6.07, 6.45) is 1.69. The molecular formula is C14H21FN2O2S. The van der Waals surface area contributed by atoms with E-state index >= 15 is 0 Å². The van der Waals surface area contributed by atoms with Crippen LogP contribution in [0.5, 0.6) is 0 Å². The number of nitrogens with zero attached hydrogens (tertiary/aromatic N) is 1. The molecule has 6 heteroatoms. The van der Waals surface area contributed by atoms with Gasteiger partial charge in [-0.1, -0.05) is 19.9 Å². The van der Waals surface area contributed by atoms with Crippen molar-refractivity contribution < 1.29 is 12.8 Å². The molecule has 0 radical (unpaired) electrons. The van der Waals surface area contributed by atoms with Crippen LogP contribution in [0.15, 0.2) is 23.1 Å². The topological polar surface area (TPSA) is 63.4 Å². The van der Waals surface area contributed by atoms with Crippen molar-refractivity contribution in [3.8, 4) is 0 Å². The van der Waals surface area contributed by atoms with E-state index in [1.165, 1.54) is 22.5 Å². The van der Waals surface area contributed by atoms with Crippen molar-refractivity contribution >= 4 is 10.0 Å². The van der Waals surface area contributed by atoms with Crippen LogP contribution in [-0.2, 0) is 16.6 Å². The molecule has 1 unspecified atom stereocenters. The van der Waals surface area contributed by atoms with Gasteiger partial charge in [0, 0.05) is 24.7 Å². The second-order valence-corrected chi connectivity index (χ2v) is 7.35. The highest BCUT2D eigenvalue weighted by Crippen LogP contribution is 2.31. The van der Waals surface area contributed by atoms with Gasteiger partial charge in [-0.15, -0.1) is 0 Å². The Balaban J connectivity index is 2.48. The fraction of sp³-hybridized carbons (Fsp3) is 0.571. The molecule has 1 atom stereocenters. The zero-order valence-electron chi connectivity index (χ0n) is 11.8. The molecule has 0 aromatic heterocycles. The Kier molecular flexibility index (Phi) is 4.46. The molecule has 0 bridgehead atoms. The number of hydrogen-bond donors (Lipinski definition) is 1. The van der Waals surface area contributed by atoms with Crippen LogP contribution in [0.2, 0.25) is 0 Å². The number of rotatable bonds is 4. The van der Waals surface area contributed by atoms with Gasteiger partial charge < -0.3 is 5.73 Å². The molecule has 0 spiro atoms. The van der Waals surface area contributed by atoms with Crippen molar-refractivity contribution in [2.24, 2.45) is 11.7 Å². The lowest BCUT2D eigenvalue weighted by Crippen LogP contribution is -2.39. The van der Waals surface area contributed by atoms with Gasteiger partial charge in [0.1, 0.15) is 5.82 Å². The standard InChI is InChI=1S/C14H21FN2O2S/c1-10(2)13-6-4-8-17(13)20(18,19)14-7-3-5-12(15)11(14)9-16/h3,5,7,10,13H,4,6,8-9,16H2,1-2H3. The molecule has 1 fully saturated rings. The van der Waals surface area contributed by atoms with E-state index in [0.717, 1.165) is 12.8 Å². The first kappa shape index (κ1) is 15.4. The molecule has 1 heterocycles. The first-order chi connectivity index (χ1) is 9.39. The van der Waals surface area contributed by atoms with E-state index in [1.807, 2.05) is 13.8 Å². The predicted octanol–water partition coefficient (Wildman–Crippen LogP) is 2.09. The zero-order valence-corrected chi connectivity index (χ0v) is 12.7. The number of halogens is 1. The third-order valence-electron chi connectivity index (χ3n) is 3.88. The van der Waals surface area contributed by atoms with Crippen molar-refractivity contribution in [1.29, 1.82) is 0 Å². The van der Waals surface area contributed by atoms with Gasteiger partial charge in [-0.3, -0.25) is 0 Å². The number of benzene rings is 1. The summed E-state index contributed by atoms with van der Waals surface area (Å²) in [6, 6.07) is 4.08. The smallest absolute Gasteiger partial charge is 0.243 e. The second-order valence-electron chi connectivity index (χ2n) is 5.49. The van der Waals surface area contributed by atoms with Crippen molar-refractivity contribution in [1.82, 2.24) is 4.31 Å². The van der Waals surface area contributed by atoms with Gasteiger partial charge in [0.15, 0.2) is 0 Å². The van der Waals surface area contributed by atoms with Crippen molar-refractivity contribution in [2.75, 3.05) is 6.54 Å². The Bertz CT molecular complexity index is 587. The van der Waals surface area contributed by atoms with Gasteiger partial charge in [0.25, 0.3) is 0 Å². The van der Waals surface area contributed by atoms with Crippen LogP contribution in [0.4, 0.5) is 4.39 Å². The molecule has 0 amide bonds. The van der Waals surface area contributed by atoms with Crippen LogP contribution in [0.1, 0.15) is 32.3 Å². The lowest BCUT2D eigenvalue weighted by Gasteiger charge is -2.27. The molecule has 2 N–H and O–H groups in total. The molecule has 1 aliphatic rings. The van der Waals surface area contributed by atoms with E-state index in [9.17, 15) is 12.8 Å². The largest absolute Gasteiger partial charge is 0.326 e. The number of sulfonamides is 1. The summed E-state index contributed by atoms with van der Waals surface area (Å²) >= 11 is 0. The lowest BCUT2D eigenvalue weighted by atomic mass is 10.0.